The number of hydrogen-bond donors (Lipinski definition) is 5. The summed E-state index contributed by atoms with van der Waals surface area (Å²) in [6, 6.07) is 3.68. The lowest BCUT2D eigenvalue weighted by molar-refractivity contribution is -0.138. The number of aliphatic carboxylic acids is 1. The highest BCUT2D eigenvalue weighted by atomic mass is 31.2. The zero-order valence-electron chi connectivity index (χ0n) is 10.2. The molecule has 0 aromatic heterocycles. The van der Waals surface area contributed by atoms with E-state index in [1.165, 1.54) is 6.07 Å². The molecule has 106 valence electrons. The van der Waals surface area contributed by atoms with E-state index in [9.17, 15) is 9.36 Å². The SMILES string of the molecule is Nc1ccc(CP(=O)(O)O)cc1CCC(N)C(=O)O. The van der Waals surface area contributed by atoms with Crippen molar-refractivity contribution in [3.63, 3.8) is 0 Å². The number of nitrogens with two attached hydrogens (primary N) is 2. The average Bonchev–Trinajstić information content (AvgIpc) is 2.27. The van der Waals surface area contributed by atoms with E-state index in [-0.39, 0.29) is 12.6 Å². The summed E-state index contributed by atoms with van der Waals surface area (Å²) in [5, 5.41) is 8.68. The molecule has 0 aliphatic heterocycles. The normalized spacial score (nSPS) is 13.2. The summed E-state index contributed by atoms with van der Waals surface area (Å²) in [7, 11) is -4.14. The summed E-state index contributed by atoms with van der Waals surface area (Å²) in [5.74, 6) is -1.09. The quantitative estimate of drug-likeness (QED) is 0.373. The number of nitrogen functional groups attached to an aromatic ring is 1. The molecule has 0 spiro atoms. The summed E-state index contributed by atoms with van der Waals surface area (Å²) >= 11 is 0. The van der Waals surface area contributed by atoms with Crippen molar-refractivity contribution in [3.8, 4) is 0 Å². The standard InChI is InChI=1S/C11H17N2O5P/c12-9-3-1-7(6-19(16,17)18)5-8(9)2-4-10(13)11(14)15/h1,3,5,10H,2,4,6,12-13H2,(H,14,15)(H2,16,17,18). The first kappa shape index (κ1) is 15.7. The molecule has 0 amide bonds. The van der Waals surface area contributed by atoms with Crippen LogP contribution in [0.15, 0.2) is 18.2 Å². The molecule has 0 fully saturated rings. The highest BCUT2D eigenvalue weighted by molar-refractivity contribution is 7.50. The van der Waals surface area contributed by atoms with Crippen LogP contribution in [0.3, 0.4) is 0 Å². The van der Waals surface area contributed by atoms with Crippen molar-refractivity contribution in [2.45, 2.75) is 25.0 Å². The van der Waals surface area contributed by atoms with Crippen LogP contribution < -0.4 is 11.5 Å². The second-order valence-electron chi connectivity index (χ2n) is 4.34. The maximum absolute atomic E-state index is 10.9. The van der Waals surface area contributed by atoms with Gasteiger partial charge in [0.15, 0.2) is 0 Å². The predicted molar refractivity (Wildman–Crippen MR) is 70.5 cm³/mol. The first-order chi connectivity index (χ1) is 8.69. The summed E-state index contributed by atoms with van der Waals surface area (Å²) in [6.07, 6.45) is 0.179. The molecule has 1 unspecified atom stereocenters. The number of benzene rings is 1. The highest BCUT2D eigenvalue weighted by Crippen LogP contribution is 2.39. The lowest BCUT2D eigenvalue weighted by Crippen LogP contribution is -2.30. The van der Waals surface area contributed by atoms with Gasteiger partial charge in [-0.1, -0.05) is 12.1 Å². The Morgan fingerprint density at radius 3 is 2.53 bits per heavy atom. The molecule has 0 saturated carbocycles. The van der Waals surface area contributed by atoms with Crippen LogP contribution >= 0.6 is 7.60 Å². The fourth-order valence-corrected chi connectivity index (χ4v) is 2.32. The van der Waals surface area contributed by atoms with Crippen LogP contribution in [0.1, 0.15) is 17.5 Å². The largest absolute Gasteiger partial charge is 0.480 e. The monoisotopic (exact) mass is 288 g/mol. The number of aryl methyl sites for hydroxylation is 1. The van der Waals surface area contributed by atoms with Gasteiger partial charge >= 0.3 is 13.6 Å². The Labute approximate surface area is 110 Å². The van der Waals surface area contributed by atoms with E-state index in [1.807, 2.05) is 0 Å². The molecule has 0 saturated heterocycles. The maximum atomic E-state index is 10.9. The van der Waals surface area contributed by atoms with Gasteiger partial charge in [0, 0.05) is 5.69 Å². The van der Waals surface area contributed by atoms with Crippen molar-refractivity contribution < 1.29 is 24.3 Å². The number of carboxylic acids is 1. The minimum absolute atomic E-state index is 0.207. The average molecular weight is 288 g/mol. The van der Waals surface area contributed by atoms with Crippen LogP contribution in [0, 0.1) is 0 Å². The number of carboxylic acid groups (broad SMARTS) is 1. The molecule has 1 atom stereocenters. The lowest BCUT2D eigenvalue weighted by atomic mass is 10.0. The summed E-state index contributed by atoms with van der Waals surface area (Å²) in [5.41, 5.74) is 12.7. The van der Waals surface area contributed by atoms with E-state index in [0.29, 0.717) is 23.2 Å². The zero-order valence-corrected chi connectivity index (χ0v) is 11.1. The Balaban J connectivity index is 2.80. The summed E-state index contributed by atoms with van der Waals surface area (Å²) in [4.78, 5) is 28.4. The molecule has 1 rings (SSSR count). The van der Waals surface area contributed by atoms with Gasteiger partial charge in [0.05, 0.1) is 6.16 Å². The summed E-state index contributed by atoms with van der Waals surface area (Å²) < 4.78 is 10.9. The Hall–Kier alpha value is -1.40. The van der Waals surface area contributed by atoms with Crippen molar-refractivity contribution in [1.82, 2.24) is 0 Å². The van der Waals surface area contributed by atoms with Gasteiger partial charge in [-0.15, -0.1) is 0 Å². The molecule has 0 bridgehead atoms. The predicted octanol–water partition coefficient (Wildman–Crippen LogP) is 0.291. The van der Waals surface area contributed by atoms with Crippen molar-refractivity contribution in [3.05, 3.63) is 29.3 Å². The fourth-order valence-electron chi connectivity index (χ4n) is 1.65. The minimum atomic E-state index is -4.14. The number of hydrogen-bond acceptors (Lipinski definition) is 4. The molecule has 8 heteroatoms. The van der Waals surface area contributed by atoms with Crippen LogP contribution in [0.4, 0.5) is 5.69 Å². The topological polar surface area (TPSA) is 147 Å². The Morgan fingerprint density at radius 1 is 1.37 bits per heavy atom. The second kappa shape index (κ2) is 6.16. The van der Waals surface area contributed by atoms with E-state index >= 15 is 0 Å². The van der Waals surface area contributed by atoms with Crippen LogP contribution in [0.2, 0.25) is 0 Å². The molecule has 0 aliphatic carbocycles. The third kappa shape index (κ3) is 5.40. The van der Waals surface area contributed by atoms with Crippen molar-refractivity contribution >= 4 is 19.3 Å². The molecular weight excluding hydrogens is 271 g/mol. The molecule has 7 nitrogen and oxygen atoms in total. The molecule has 1 aromatic rings. The van der Waals surface area contributed by atoms with Crippen molar-refractivity contribution in [2.75, 3.05) is 5.73 Å². The van der Waals surface area contributed by atoms with Crippen LogP contribution in [0.5, 0.6) is 0 Å². The van der Waals surface area contributed by atoms with Crippen molar-refractivity contribution in [2.24, 2.45) is 5.73 Å². The number of rotatable bonds is 6. The Morgan fingerprint density at radius 2 is 2.00 bits per heavy atom. The van der Waals surface area contributed by atoms with Gasteiger partial charge in [0.25, 0.3) is 0 Å². The molecule has 0 radical (unpaired) electrons. The molecule has 0 aliphatic rings. The molecular formula is C11H17N2O5P. The zero-order chi connectivity index (χ0) is 14.6. The molecule has 7 N–H and O–H groups in total. The van der Waals surface area contributed by atoms with E-state index in [4.69, 9.17) is 26.4 Å². The van der Waals surface area contributed by atoms with Crippen molar-refractivity contribution in [1.29, 1.82) is 0 Å². The molecule has 0 heterocycles. The molecule has 1 aromatic carbocycles. The van der Waals surface area contributed by atoms with Gasteiger partial charge < -0.3 is 26.4 Å². The second-order valence-corrected chi connectivity index (χ2v) is 5.98. The Kier molecular flexibility index (Phi) is 5.08. The third-order valence-corrected chi connectivity index (χ3v) is 3.41. The van der Waals surface area contributed by atoms with Gasteiger partial charge in [-0.2, -0.15) is 0 Å². The van der Waals surface area contributed by atoms with Gasteiger partial charge in [-0.05, 0) is 30.0 Å². The summed E-state index contributed by atoms with van der Waals surface area (Å²) in [6.45, 7) is 0. The van der Waals surface area contributed by atoms with E-state index in [1.54, 1.807) is 12.1 Å². The third-order valence-electron chi connectivity index (χ3n) is 2.64. The first-order valence-electron chi connectivity index (χ1n) is 5.59. The molecule has 19 heavy (non-hydrogen) atoms. The van der Waals surface area contributed by atoms with Gasteiger partial charge in [-0.25, -0.2) is 0 Å². The number of anilines is 1. The first-order valence-corrected chi connectivity index (χ1v) is 7.39. The van der Waals surface area contributed by atoms with Crippen LogP contribution in [-0.4, -0.2) is 26.9 Å². The van der Waals surface area contributed by atoms with Gasteiger partial charge in [-0.3, -0.25) is 9.36 Å². The van der Waals surface area contributed by atoms with E-state index in [0.717, 1.165) is 0 Å². The highest BCUT2D eigenvalue weighted by Gasteiger charge is 2.16. The van der Waals surface area contributed by atoms with E-state index < -0.39 is 19.6 Å². The van der Waals surface area contributed by atoms with Crippen LogP contribution in [-0.2, 0) is 21.9 Å². The van der Waals surface area contributed by atoms with Gasteiger partial charge in [0.2, 0.25) is 0 Å². The van der Waals surface area contributed by atoms with Gasteiger partial charge in [0.1, 0.15) is 6.04 Å². The lowest BCUT2D eigenvalue weighted by Gasteiger charge is -2.11. The smallest absolute Gasteiger partial charge is 0.329 e. The number of carbonyl (C=O) groups is 1. The fraction of sp³-hybridized carbons (Fsp3) is 0.364. The van der Waals surface area contributed by atoms with Crippen LogP contribution in [0.25, 0.3) is 0 Å². The van der Waals surface area contributed by atoms with E-state index in [2.05, 4.69) is 0 Å². The maximum Gasteiger partial charge on any atom is 0.329 e. The Bertz CT molecular complexity index is 514. The minimum Gasteiger partial charge on any atom is -0.480 e.